The molecule has 136 valence electrons. The lowest BCUT2D eigenvalue weighted by atomic mass is 10.0. The van der Waals surface area contributed by atoms with Crippen molar-refractivity contribution in [1.29, 1.82) is 5.26 Å². The van der Waals surface area contributed by atoms with Crippen LogP contribution in [0, 0.1) is 18.3 Å². The molecule has 4 rings (SSSR count). The quantitative estimate of drug-likeness (QED) is 0.544. The molecule has 2 aromatic heterocycles. The number of benzene rings is 2. The number of rotatable bonds is 4. The normalized spacial score (nSPS) is 10.6. The van der Waals surface area contributed by atoms with Gasteiger partial charge in [-0.2, -0.15) is 5.26 Å². The van der Waals surface area contributed by atoms with Gasteiger partial charge < -0.3 is 4.74 Å². The van der Waals surface area contributed by atoms with Crippen molar-refractivity contribution in [2.24, 2.45) is 0 Å². The SMILES string of the molecule is Cc1ccc2nc(COc3ccc(-c4ccc(C#N)cc4)cc3)cc(=O)n2c1. The van der Waals surface area contributed by atoms with E-state index in [0.717, 1.165) is 16.7 Å². The molecule has 28 heavy (non-hydrogen) atoms. The summed E-state index contributed by atoms with van der Waals surface area (Å²) in [6.07, 6.45) is 1.77. The van der Waals surface area contributed by atoms with Crippen LogP contribution in [0.3, 0.4) is 0 Å². The minimum atomic E-state index is -0.122. The van der Waals surface area contributed by atoms with Crippen LogP contribution in [0.4, 0.5) is 0 Å². The fraction of sp³-hybridized carbons (Fsp3) is 0.0870. The van der Waals surface area contributed by atoms with Gasteiger partial charge in [-0.3, -0.25) is 9.20 Å². The van der Waals surface area contributed by atoms with E-state index < -0.39 is 0 Å². The van der Waals surface area contributed by atoms with Crippen molar-refractivity contribution >= 4 is 5.65 Å². The van der Waals surface area contributed by atoms with Gasteiger partial charge >= 0.3 is 0 Å². The standard InChI is InChI=1S/C23H17N3O2/c1-16-2-11-22-25-20(12-23(27)26(22)14-16)15-28-21-9-7-19(8-10-21)18-5-3-17(13-24)4-6-18/h2-12,14H,15H2,1H3. The van der Waals surface area contributed by atoms with Crippen LogP contribution in [-0.4, -0.2) is 9.38 Å². The number of pyridine rings is 1. The van der Waals surface area contributed by atoms with Gasteiger partial charge in [-0.05, 0) is 53.9 Å². The van der Waals surface area contributed by atoms with Crippen LogP contribution in [0.15, 0.2) is 77.7 Å². The number of ether oxygens (including phenoxy) is 1. The molecule has 0 amide bonds. The second-order valence-electron chi connectivity index (χ2n) is 6.52. The van der Waals surface area contributed by atoms with E-state index in [1.54, 1.807) is 18.3 Å². The molecule has 0 saturated heterocycles. The Morgan fingerprint density at radius 1 is 1.00 bits per heavy atom. The van der Waals surface area contributed by atoms with Crippen molar-refractivity contribution in [3.05, 3.63) is 100 Å². The predicted molar refractivity (Wildman–Crippen MR) is 107 cm³/mol. The summed E-state index contributed by atoms with van der Waals surface area (Å²) >= 11 is 0. The average Bonchev–Trinajstić information content (AvgIpc) is 2.73. The summed E-state index contributed by atoms with van der Waals surface area (Å²) < 4.78 is 7.33. The highest BCUT2D eigenvalue weighted by Gasteiger charge is 2.05. The molecule has 0 fully saturated rings. The monoisotopic (exact) mass is 367 g/mol. The van der Waals surface area contributed by atoms with Crippen molar-refractivity contribution in [3.63, 3.8) is 0 Å². The van der Waals surface area contributed by atoms with E-state index in [1.807, 2.05) is 55.5 Å². The maximum atomic E-state index is 12.3. The summed E-state index contributed by atoms with van der Waals surface area (Å²) in [5, 5.41) is 8.88. The molecule has 0 radical (unpaired) electrons. The van der Waals surface area contributed by atoms with Gasteiger partial charge in [0.1, 0.15) is 18.0 Å². The minimum Gasteiger partial charge on any atom is -0.487 e. The van der Waals surface area contributed by atoms with Crippen molar-refractivity contribution in [2.45, 2.75) is 13.5 Å². The first-order chi connectivity index (χ1) is 13.6. The van der Waals surface area contributed by atoms with E-state index >= 15 is 0 Å². The Morgan fingerprint density at radius 2 is 1.68 bits per heavy atom. The van der Waals surface area contributed by atoms with E-state index in [1.165, 1.54) is 10.5 Å². The van der Waals surface area contributed by atoms with Gasteiger partial charge in [-0.1, -0.05) is 30.3 Å². The van der Waals surface area contributed by atoms with E-state index in [9.17, 15) is 4.79 Å². The maximum absolute atomic E-state index is 12.3. The molecule has 2 heterocycles. The Kier molecular flexibility index (Phi) is 4.61. The van der Waals surface area contributed by atoms with Crippen LogP contribution in [0.5, 0.6) is 5.75 Å². The average molecular weight is 367 g/mol. The molecule has 0 saturated carbocycles. The maximum Gasteiger partial charge on any atom is 0.258 e. The van der Waals surface area contributed by atoms with Gasteiger partial charge in [0.15, 0.2) is 0 Å². The number of aryl methyl sites for hydroxylation is 1. The number of hydrogen-bond donors (Lipinski definition) is 0. The zero-order valence-corrected chi connectivity index (χ0v) is 15.3. The molecule has 0 aliphatic rings. The molecular formula is C23H17N3O2. The van der Waals surface area contributed by atoms with Crippen molar-refractivity contribution in [1.82, 2.24) is 9.38 Å². The summed E-state index contributed by atoms with van der Waals surface area (Å²) in [5.41, 5.74) is 4.78. The Labute approximate surface area is 162 Å². The van der Waals surface area contributed by atoms with E-state index in [-0.39, 0.29) is 12.2 Å². The summed E-state index contributed by atoms with van der Waals surface area (Å²) in [5.74, 6) is 0.698. The van der Waals surface area contributed by atoms with Crippen LogP contribution in [0.2, 0.25) is 0 Å². The Morgan fingerprint density at radius 3 is 2.36 bits per heavy atom. The number of fused-ring (bicyclic) bond motifs is 1. The Balaban J connectivity index is 1.49. The highest BCUT2D eigenvalue weighted by molar-refractivity contribution is 5.64. The molecule has 0 bridgehead atoms. The molecule has 0 unspecified atom stereocenters. The molecule has 5 heteroatoms. The summed E-state index contributed by atoms with van der Waals surface area (Å²) in [4.78, 5) is 16.7. The molecular weight excluding hydrogens is 350 g/mol. The lowest BCUT2D eigenvalue weighted by Gasteiger charge is -2.08. The zero-order valence-electron chi connectivity index (χ0n) is 15.3. The summed E-state index contributed by atoms with van der Waals surface area (Å²) in [6.45, 7) is 2.15. The second kappa shape index (κ2) is 7.37. The van der Waals surface area contributed by atoms with Crippen LogP contribution >= 0.6 is 0 Å². The molecule has 5 nitrogen and oxygen atoms in total. The number of aromatic nitrogens is 2. The van der Waals surface area contributed by atoms with E-state index in [0.29, 0.717) is 22.7 Å². The lowest BCUT2D eigenvalue weighted by Crippen LogP contribution is -2.16. The van der Waals surface area contributed by atoms with Crippen LogP contribution < -0.4 is 10.3 Å². The molecule has 0 N–H and O–H groups in total. The third-order valence-electron chi connectivity index (χ3n) is 4.45. The predicted octanol–water partition coefficient (Wildman–Crippen LogP) is 4.12. The molecule has 0 aliphatic heterocycles. The molecule has 4 aromatic rings. The fourth-order valence-corrected chi connectivity index (χ4v) is 2.97. The van der Waals surface area contributed by atoms with Gasteiger partial charge in [-0.25, -0.2) is 4.98 Å². The van der Waals surface area contributed by atoms with Crippen LogP contribution in [0.1, 0.15) is 16.8 Å². The smallest absolute Gasteiger partial charge is 0.258 e. The van der Waals surface area contributed by atoms with Crippen LogP contribution in [0.25, 0.3) is 16.8 Å². The number of hydrogen-bond acceptors (Lipinski definition) is 4. The molecule has 0 aliphatic carbocycles. The summed E-state index contributed by atoms with van der Waals surface area (Å²) in [6, 6.07) is 22.5. The highest BCUT2D eigenvalue weighted by atomic mass is 16.5. The zero-order chi connectivity index (χ0) is 19.5. The molecule has 0 atom stereocenters. The fourth-order valence-electron chi connectivity index (χ4n) is 2.97. The molecule has 2 aromatic carbocycles. The largest absolute Gasteiger partial charge is 0.487 e. The van der Waals surface area contributed by atoms with Crippen molar-refractivity contribution < 1.29 is 4.74 Å². The van der Waals surface area contributed by atoms with Gasteiger partial charge in [-0.15, -0.1) is 0 Å². The van der Waals surface area contributed by atoms with Crippen LogP contribution in [-0.2, 0) is 6.61 Å². The van der Waals surface area contributed by atoms with Crippen molar-refractivity contribution in [3.8, 4) is 22.9 Å². The highest BCUT2D eigenvalue weighted by Crippen LogP contribution is 2.23. The number of nitriles is 1. The topological polar surface area (TPSA) is 67.4 Å². The third-order valence-corrected chi connectivity index (χ3v) is 4.45. The first-order valence-corrected chi connectivity index (χ1v) is 8.85. The van der Waals surface area contributed by atoms with Gasteiger partial charge in [0.2, 0.25) is 0 Å². The summed E-state index contributed by atoms with van der Waals surface area (Å²) in [7, 11) is 0. The lowest BCUT2D eigenvalue weighted by molar-refractivity contribution is 0.301. The molecule has 0 spiro atoms. The second-order valence-corrected chi connectivity index (χ2v) is 6.52. The third kappa shape index (κ3) is 3.62. The van der Waals surface area contributed by atoms with Crippen molar-refractivity contribution in [2.75, 3.05) is 0 Å². The van der Waals surface area contributed by atoms with E-state index in [2.05, 4.69) is 11.1 Å². The first-order valence-electron chi connectivity index (χ1n) is 8.85. The first kappa shape index (κ1) is 17.5. The Hall–Kier alpha value is -3.91. The number of nitrogens with zero attached hydrogens (tertiary/aromatic N) is 3. The van der Waals surface area contributed by atoms with Gasteiger partial charge in [0, 0.05) is 12.3 Å². The van der Waals surface area contributed by atoms with E-state index in [4.69, 9.17) is 10.00 Å². The van der Waals surface area contributed by atoms with Gasteiger partial charge in [0.05, 0.1) is 17.3 Å². The Bertz CT molecular complexity index is 1230. The minimum absolute atomic E-state index is 0.122. The van der Waals surface area contributed by atoms with Gasteiger partial charge in [0.25, 0.3) is 5.56 Å².